The van der Waals surface area contributed by atoms with Gasteiger partial charge < -0.3 is 9.47 Å². The summed E-state index contributed by atoms with van der Waals surface area (Å²) in [5, 5.41) is 0.112. The summed E-state index contributed by atoms with van der Waals surface area (Å²) in [4.78, 5) is 39.1. The van der Waals surface area contributed by atoms with Crippen LogP contribution in [-0.4, -0.2) is 24.2 Å². The molecule has 0 aromatic heterocycles. The molecule has 0 aliphatic carbocycles. The van der Waals surface area contributed by atoms with Gasteiger partial charge in [-0.2, -0.15) is 0 Å². The number of esters is 1. The number of imide groups is 1. The summed E-state index contributed by atoms with van der Waals surface area (Å²) in [6, 6.07) is 18.4. The quantitative estimate of drug-likeness (QED) is 0.249. The van der Waals surface area contributed by atoms with E-state index >= 15 is 0 Å². The van der Waals surface area contributed by atoms with Crippen molar-refractivity contribution in [2.75, 3.05) is 12.0 Å². The Kier molecular flexibility index (Phi) is 6.53. The Hall–Kier alpha value is -3.55. The van der Waals surface area contributed by atoms with Gasteiger partial charge >= 0.3 is 5.97 Å². The predicted octanol–water partition coefficient (Wildman–Crippen LogP) is 6.12. The van der Waals surface area contributed by atoms with Gasteiger partial charge in [0.25, 0.3) is 11.1 Å². The molecule has 2 amide bonds. The molecule has 0 spiro atoms. The van der Waals surface area contributed by atoms with Crippen LogP contribution >= 0.6 is 23.4 Å². The number of anilines is 1. The molecule has 0 atom stereocenters. The van der Waals surface area contributed by atoms with E-state index in [0.717, 1.165) is 22.2 Å². The van der Waals surface area contributed by atoms with Crippen LogP contribution in [0.1, 0.15) is 21.5 Å². The van der Waals surface area contributed by atoms with Crippen LogP contribution in [0.4, 0.5) is 10.5 Å². The lowest BCUT2D eigenvalue weighted by Gasteiger charge is -2.12. The maximum Gasteiger partial charge on any atom is 0.343 e. The Morgan fingerprint density at radius 3 is 2.45 bits per heavy atom. The van der Waals surface area contributed by atoms with Crippen molar-refractivity contribution >= 4 is 52.2 Å². The summed E-state index contributed by atoms with van der Waals surface area (Å²) in [5.74, 6) is -0.368. The average Bonchev–Trinajstić information content (AvgIpc) is 3.08. The molecule has 33 heavy (non-hydrogen) atoms. The van der Waals surface area contributed by atoms with E-state index in [-0.39, 0.29) is 10.7 Å². The van der Waals surface area contributed by atoms with Crippen LogP contribution in [0.3, 0.4) is 0 Å². The molecule has 0 saturated carbocycles. The summed E-state index contributed by atoms with van der Waals surface area (Å²) in [6.07, 6.45) is 1.59. The Bertz CT molecular complexity index is 1290. The second-order valence-electron chi connectivity index (χ2n) is 7.16. The molecular weight excluding hydrogens is 462 g/mol. The first kappa shape index (κ1) is 22.6. The summed E-state index contributed by atoms with van der Waals surface area (Å²) < 4.78 is 10.9. The van der Waals surface area contributed by atoms with E-state index in [9.17, 15) is 14.4 Å². The van der Waals surface area contributed by atoms with Crippen molar-refractivity contribution in [1.82, 2.24) is 0 Å². The highest BCUT2D eigenvalue weighted by Gasteiger charge is 2.36. The minimum Gasteiger partial charge on any atom is -0.493 e. The number of amides is 2. The second kappa shape index (κ2) is 9.52. The fourth-order valence-corrected chi connectivity index (χ4v) is 4.19. The van der Waals surface area contributed by atoms with Crippen LogP contribution < -0.4 is 14.4 Å². The number of ether oxygens (including phenoxy) is 2. The van der Waals surface area contributed by atoms with Gasteiger partial charge in [0.05, 0.1) is 23.3 Å². The first-order valence-electron chi connectivity index (χ1n) is 9.86. The van der Waals surface area contributed by atoms with E-state index in [4.69, 9.17) is 21.1 Å². The number of hydrogen-bond acceptors (Lipinski definition) is 6. The molecule has 1 saturated heterocycles. The fourth-order valence-electron chi connectivity index (χ4n) is 3.22. The molecule has 4 rings (SSSR count). The van der Waals surface area contributed by atoms with Gasteiger partial charge in [0.15, 0.2) is 11.5 Å². The zero-order chi connectivity index (χ0) is 23.5. The van der Waals surface area contributed by atoms with Gasteiger partial charge in [0.2, 0.25) is 0 Å². The molecule has 166 valence electrons. The normalized spacial score (nSPS) is 14.6. The summed E-state index contributed by atoms with van der Waals surface area (Å²) in [5.41, 5.74) is 2.43. The van der Waals surface area contributed by atoms with Gasteiger partial charge in [0.1, 0.15) is 0 Å². The topological polar surface area (TPSA) is 72.9 Å². The highest BCUT2D eigenvalue weighted by atomic mass is 35.5. The van der Waals surface area contributed by atoms with E-state index in [0.29, 0.717) is 27.6 Å². The predicted molar refractivity (Wildman–Crippen MR) is 129 cm³/mol. The van der Waals surface area contributed by atoms with Gasteiger partial charge in [-0.15, -0.1) is 0 Å². The molecule has 1 heterocycles. The van der Waals surface area contributed by atoms with Gasteiger partial charge in [-0.3, -0.25) is 9.59 Å². The zero-order valence-electron chi connectivity index (χ0n) is 17.7. The van der Waals surface area contributed by atoms with Crippen LogP contribution in [0.15, 0.2) is 71.6 Å². The first-order valence-corrected chi connectivity index (χ1v) is 11.1. The third-order valence-electron chi connectivity index (χ3n) is 4.82. The minimum atomic E-state index is -0.506. The van der Waals surface area contributed by atoms with Gasteiger partial charge in [0, 0.05) is 5.02 Å². The van der Waals surface area contributed by atoms with E-state index < -0.39 is 17.1 Å². The van der Waals surface area contributed by atoms with E-state index in [2.05, 4.69) is 0 Å². The van der Waals surface area contributed by atoms with Crippen molar-refractivity contribution < 1.29 is 23.9 Å². The van der Waals surface area contributed by atoms with Crippen LogP contribution in [-0.2, 0) is 4.79 Å². The van der Waals surface area contributed by atoms with Gasteiger partial charge in [-0.1, -0.05) is 35.4 Å². The number of nitrogens with zero attached hydrogens (tertiary/aromatic N) is 1. The minimum absolute atomic E-state index is 0.246. The monoisotopic (exact) mass is 479 g/mol. The maximum absolute atomic E-state index is 12.8. The maximum atomic E-state index is 12.8. The lowest BCUT2D eigenvalue weighted by atomic mass is 10.1. The van der Waals surface area contributed by atoms with Gasteiger partial charge in [-0.25, -0.2) is 9.69 Å². The molecule has 1 fully saturated rings. The third kappa shape index (κ3) is 4.94. The smallest absolute Gasteiger partial charge is 0.343 e. The molecule has 0 unspecified atom stereocenters. The van der Waals surface area contributed by atoms with Crippen molar-refractivity contribution in [3.8, 4) is 11.5 Å². The zero-order valence-corrected chi connectivity index (χ0v) is 19.3. The molecule has 3 aromatic rings. The van der Waals surface area contributed by atoms with Crippen LogP contribution in [0.2, 0.25) is 5.02 Å². The summed E-state index contributed by atoms with van der Waals surface area (Å²) in [7, 11) is 1.46. The molecule has 1 aliphatic rings. The standard InChI is InChI=1S/C25H18ClNO5S/c1-15-4-3-5-17(12-15)24(29)32-20-11-6-16(13-21(20)31-2)14-22-23(28)27(25(30)33-22)19-9-7-18(26)8-10-19/h3-14H,1-2H3/b22-14-. The van der Waals surface area contributed by atoms with Crippen LogP contribution in [0.5, 0.6) is 11.5 Å². The number of methoxy groups -OCH3 is 1. The Balaban J connectivity index is 1.56. The van der Waals surface area contributed by atoms with E-state index in [1.165, 1.54) is 7.11 Å². The fraction of sp³-hybridized carbons (Fsp3) is 0.0800. The van der Waals surface area contributed by atoms with Crippen molar-refractivity contribution in [3.63, 3.8) is 0 Å². The highest BCUT2D eigenvalue weighted by Crippen LogP contribution is 2.37. The molecule has 3 aromatic carbocycles. The first-order chi connectivity index (χ1) is 15.9. The number of benzene rings is 3. The molecule has 6 nitrogen and oxygen atoms in total. The van der Waals surface area contributed by atoms with Crippen LogP contribution in [0.25, 0.3) is 6.08 Å². The van der Waals surface area contributed by atoms with Crippen LogP contribution in [0, 0.1) is 6.92 Å². The lowest BCUT2D eigenvalue weighted by Crippen LogP contribution is -2.27. The number of carbonyl (C=O) groups excluding carboxylic acids is 3. The number of carbonyl (C=O) groups is 3. The number of rotatable bonds is 5. The van der Waals surface area contributed by atoms with E-state index in [1.807, 2.05) is 13.0 Å². The number of halogens is 1. The SMILES string of the molecule is COc1cc(/C=C2\SC(=O)N(c3ccc(Cl)cc3)C2=O)ccc1OC(=O)c1cccc(C)c1. The van der Waals surface area contributed by atoms with E-state index in [1.54, 1.807) is 66.7 Å². The Labute approximate surface area is 199 Å². The number of aryl methyl sites for hydroxylation is 1. The molecule has 0 bridgehead atoms. The van der Waals surface area contributed by atoms with Crippen molar-refractivity contribution in [1.29, 1.82) is 0 Å². The Morgan fingerprint density at radius 2 is 1.76 bits per heavy atom. The highest BCUT2D eigenvalue weighted by molar-refractivity contribution is 8.19. The lowest BCUT2D eigenvalue weighted by molar-refractivity contribution is -0.113. The summed E-state index contributed by atoms with van der Waals surface area (Å²) in [6.45, 7) is 1.89. The largest absolute Gasteiger partial charge is 0.493 e. The molecular formula is C25H18ClNO5S. The van der Waals surface area contributed by atoms with Crippen molar-refractivity contribution in [3.05, 3.63) is 93.3 Å². The molecule has 8 heteroatoms. The average molecular weight is 480 g/mol. The number of hydrogen-bond donors (Lipinski definition) is 0. The molecule has 0 radical (unpaired) electrons. The summed E-state index contributed by atoms with van der Waals surface area (Å²) >= 11 is 6.74. The Morgan fingerprint density at radius 1 is 1.00 bits per heavy atom. The van der Waals surface area contributed by atoms with Crippen molar-refractivity contribution in [2.24, 2.45) is 0 Å². The number of thioether (sulfide) groups is 1. The third-order valence-corrected chi connectivity index (χ3v) is 5.94. The molecule has 0 N–H and O–H groups in total. The van der Waals surface area contributed by atoms with Crippen molar-refractivity contribution in [2.45, 2.75) is 6.92 Å². The second-order valence-corrected chi connectivity index (χ2v) is 8.59. The van der Waals surface area contributed by atoms with Gasteiger partial charge in [-0.05, 0) is 78.9 Å². The molecule has 1 aliphatic heterocycles.